The number of anilines is 1. The number of nitrogens with one attached hydrogen (secondary N) is 2. The Morgan fingerprint density at radius 3 is 2.56 bits per heavy atom. The average molecular weight is 793 g/mol. The molecule has 1 aliphatic rings. The topological polar surface area (TPSA) is 178 Å². The number of aliphatic hydroxyl groups is 3. The van der Waals surface area contributed by atoms with Gasteiger partial charge in [0, 0.05) is 47.8 Å². The number of aryl methyl sites for hydroxylation is 1. The number of aromatic hydroxyl groups is 2. The molecule has 55 heavy (non-hydrogen) atoms. The van der Waals surface area contributed by atoms with Crippen molar-refractivity contribution in [2.45, 2.75) is 82.7 Å². The number of rotatable bonds is 13. The Hall–Kier alpha value is -3.82. The zero-order valence-electron chi connectivity index (χ0n) is 31.4. The number of fused-ring (bicyclic) bond motifs is 5. The Bertz CT molecular complexity index is 1920. The van der Waals surface area contributed by atoms with E-state index in [2.05, 4.69) is 10.6 Å². The van der Waals surface area contributed by atoms with Crippen LogP contribution in [0, 0.1) is 0 Å². The number of methoxy groups -OCH3 is 1. The third-order valence-electron chi connectivity index (χ3n) is 9.68. The molecule has 1 heterocycles. The first-order valence-corrected chi connectivity index (χ1v) is 21.1. The van der Waals surface area contributed by atoms with E-state index in [0.717, 1.165) is 33.0 Å². The van der Waals surface area contributed by atoms with Crippen LogP contribution in [0.15, 0.2) is 60.7 Å². The molecule has 11 nitrogen and oxygen atoms in total. The Morgan fingerprint density at radius 1 is 0.982 bits per heavy atom. The van der Waals surface area contributed by atoms with Crippen LogP contribution in [-0.4, -0.2) is 81.9 Å². The molecule has 0 saturated carbocycles. The highest BCUT2D eigenvalue weighted by Gasteiger charge is 2.25. The van der Waals surface area contributed by atoms with Crippen molar-refractivity contribution in [3.05, 3.63) is 82.9 Å². The molecule has 5 rings (SSSR count). The monoisotopic (exact) mass is 792 g/mol. The number of hydrogen-bond acceptors (Lipinski definition) is 13. The minimum Gasteiger partial charge on any atom is -0.508 e. The van der Waals surface area contributed by atoms with Gasteiger partial charge in [-0.2, -0.15) is 0 Å². The highest BCUT2D eigenvalue weighted by Crippen LogP contribution is 2.45. The lowest BCUT2D eigenvalue weighted by atomic mass is 9.89. The quantitative estimate of drug-likeness (QED) is 0.0428. The summed E-state index contributed by atoms with van der Waals surface area (Å²) in [5.74, 6) is 1.34. The summed E-state index contributed by atoms with van der Waals surface area (Å²) in [4.78, 5) is 25.5. The van der Waals surface area contributed by atoms with E-state index in [0.29, 0.717) is 72.7 Å². The van der Waals surface area contributed by atoms with Gasteiger partial charge in [-0.1, -0.05) is 51.9 Å². The van der Waals surface area contributed by atoms with Gasteiger partial charge in [0.2, 0.25) is 0 Å². The molecule has 4 aromatic rings. The molecule has 0 aromatic heterocycles. The third kappa shape index (κ3) is 11.6. The molecule has 0 amide bonds. The van der Waals surface area contributed by atoms with Crippen molar-refractivity contribution >= 4 is 49.6 Å². The Kier molecular flexibility index (Phi) is 16.1. The predicted octanol–water partition coefficient (Wildman–Crippen LogP) is 6.79. The van der Waals surface area contributed by atoms with Gasteiger partial charge in [-0.05, 0) is 109 Å². The molecule has 296 valence electrons. The second-order valence-electron chi connectivity index (χ2n) is 13.8. The van der Waals surface area contributed by atoms with Crippen LogP contribution in [0.3, 0.4) is 0 Å². The number of ether oxygens (including phenoxy) is 2. The van der Waals surface area contributed by atoms with Crippen molar-refractivity contribution in [3.8, 4) is 28.4 Å². The number of ketones is 2. The number of phenolic OH excluding ortho intramolecular Hbond substituents is 2. The summed E-state index contributed by atoms with van der Waals surface area (Å²) in [5.41, 5.74) is 5.26. The number of aliphatic hydroxyl groups excluding tert-OH is 3. The van der Waals surface area contributed by atoms with E-state index in [-0.39, 0.29) is 55.7 Å². The standard InChI is InChI=1S/C42H52N2O9S2/c1-26(47)22-44-38-15-8-29(19-30(38)23-46)42(43-17-3-4-18-45)53-34-13-12-33(50)24-54-55-25-37-35(14-7-27-5-10-32(49)21-36(27)37)40-28(6-11-31(48)20-34)9-16-39(51)41(40)52-2/h5,7-10,14-16,19,21,33-34,42-46,49-51H,3-4,6,11-13,17-18,20,22-25H2,1-2H3. The fraction of sp³-hybridized carbons (Fsp3) is 0.429. The number of Topliss-reactive ketones (excluding diaryl/α,β-unsaturated/α-hetero) is 2. The smallest absolute Gasteiger partial charge is 0.168 e. The number of unbranched alkanes of at least 4 members (excludes halogenated alkanes) is 1. The molecular formula is C42H52N2O9S2. The maximum Gasteiger partial charge on any atom is 0.168 e. The summed E-state index contributed by atoms with van der Waals surface area (Å²) in [5, 5.41) is 60.4. The summed E-state index contributed by atoms with van der Waals surface area (Å²) >= 11 is 0. The minimum absolute atomic E-state index is 0.0212. The van der Waals surface area contributed by atoms with Crippen LogP contribution >= 0.6 is 21.6 Å². The minimum atomic E-state index is -0.663. The van der Waals surface area contributed by atoms with Crippen LogP contribution in [0.2, 0.25) is 0 Å². The molecule has 3 unspecified atom stereocenters. The number of carbonyl (C=O) groups is 2. The van der Waals surface area contributed by atoms with Crippen molar-refractivity contribution in [2.75, 3.05) is 37.9 Å². The molecule has 1 aliphatic heterocycles. The van der Waals surface area contributed by atoms with Gasteiger partial charge in [-0.25, -0.2) is 0 Å². The molecule has 0 spiro atoms. The van der Waals surface area contributed by atoms with Crippen molar-refractivity contribution in [1.82, 2.24) is 5.32 Å². The molecule has 0 radical (unpaired) electrons. The van der Waals surface area contributed by atoms with E-state index in [4.69, 9.17) is 9.47 Å². The molecule has 3 atom stereocenters. The summed E-state index contributed by atoms with van der Waals surface area (Å²) in [6.45, 7) is 1.94. The first kappa shape index (κ1) is 42.3. The van der Waals surface area contributed by atoms with Crippen LogP contribution in [-0.2, 0) is 33.1 Å². The summed E-state index contributed by atoms with van der Waals surface area (Å²) in [6.07, 6.45) is 0.912. The van der Waals surface area contributed by atoms with Gasteiger partial charge < -0.3 is 40.3 Å². The van der Waals surface area contributed by atoms with Gasteiger partial charge >= 0.3 is 0 Å². The van der Waals surface area contributed by atoms with Gasteiger partial charge in [-0.3, -0.25) is 14.9 Å². The summed E-state index contributed by atoms with van der Waals surface area (Å²) in [6, 6.07) is 18.1. The van der Waals surface area contributed by atoms with Crippen molar-refractivity contribution in [2.24, 2.45) is 0 Å². The van der Waals surface area contributed by atoms with Crippen LogP contribution in [0.4, 0.5) is 5.69 Å². The highest BCUT2D eigenvalue weighted by molar-refractivity contribution is 8.76. The molecule has 0 bridgehead atoms. The van der Waals surface area contributed by atoms with Gasteiger partial charge in [0.1, 0.15) is 23.5 Å². The Balaban J connectivity index is 1.46. The summed E-state index contributed by atoms with van der Waals surface area (Å²) < 4.78 is 12.5. The largest absolute Gasteiger partial charge is 0.508 e. The van der Waals surface area contributed by atoms with E-state index in [1.165, 1.54) is 24.8 Å². The van der Waals surface area contributed by atoms with Crippen LogP contribution in [0.25, 0.3) is 21.9 Å². The average Bonchev–Trinajstić information content (AvgIpc) is 3.17. The lowest BCUT2D eigenvalue weighted by Crippen LogP contribution is -2.31. The number of phenols is 2. The lowest BCUT2D eigenvalue weighted by Gasteiger charge is -2.28. The van der Waals surface area contributed by atoms with Gasteiger partial charge in [0.15, 0.2) is 11.5 Å². The molecule has 0 saturated heterocycles. The molecule has 13 heteroatoms. The van der Waals surface area contributed by atoms with Gasteiger partial charge in [0.25, 0.3) is 0 Å². The summed E-state index contributed by atoms with van der Waals surface area (Å²) in [7, 11) is 4.64. The highest BCUT2D eigenvalue weighted by atomic mass is 33.1. The van der Waals surface area contributed by atoms with Crippen LogP contribution < -0.4 is 15.4 Å². The Morgan fingerprint density at radius 2 is 1.80 bits per heavy atom. The van der Waals surface area contributed by atoms with Crippen molar-refractivity contribution < 1.29 is 44.6 Å². The van der Waals surface area contributed by atoms with E-state index >= 15 is 0 Å². The molecule has 7 N–H and O–H groups in total. The predicted molar refractivity (Wildman–Crippen MR) is 220 cm³/mol. The number of carbonyl (C=O) groups excluding carboxylic acids is 2. The first-order chi connectivity index (χ1) is 26.6. The second-order valence-corrected chi connectivity index (χ2v) is 16.3. The maximum atomic E-state index is 13.9. The normalized spacial score (nSPS) is 17.7. The van der Waals surface area contributed by atoms with E-state index in [1.54, 1.807) is 35.1 Å². The SMILES string of the molecule is COc1c(O)ccc2c1-c1ccc3ccc(O)cc3c1CSSCC(O)CCC(OC(NCCCCO)c1ccc(NCC(C)=O)c(CO)c1)CC(=O)CC2. The molecular weight excluding hydrogens is 741 g/mol. The molecule has 4 aromatic carbocycles. The zero-order chi connectivity index (χ0) is 39.3. The fourth-order valence-corrected chi connectivity index (χ4v) is 9.12. The van der Waals surface area contributed by atoms with Crippen molar-refractivity contribution in [3.63, 3.8) is 0 Å². The fourth-order valence-electron chi connectivity index (χ4n) is 6.83. The third-order valence-corrected chi connectivity index (χ3v) is 12.0. The molecule has 0 aliphatic carbocycles. The van der Waals surface area contributed by atoms with Crippen molar-refractivity contribution in [1.29, 1.82) is 0 Å². The number of benzene rings is 4. The zero-order valence-corrected chi connectivity index (χ0v) is 33.0. The van der Waals surface area contributed by atoms with Gasteiger partial charge in [-0.15, -0.1) is 0 Å². The molecule has 0 fully saturated rings. The van der Waals surface area contributed by atoms with Crippen LogP contribution in [0.5, 0.6) is 17.2 Å². The van der Waals surface area contributed by atoms with E-state index in [9.17, 15) is 35.1 Å². The lowest BCUT2D eigenvalue weighted by molar-refractivity contribution is -0.124. The first-order valence-electron chi connectivity index (χ1n) is 18.7. The maximum absolute atomic E-state index is 13.9. The van der Waals surface area contributed by atoms with Crippen LogP contribution in [0.1, 0.15) is 73.9 Å². The van der Waals surface area contributed by atoms with Gasteiger partial charge in [0.05, 0.1) is 32.5 Å². The second kappa shape index (κ2) is 20.9. The van der Waals surface area contributed by atoms with E-state index < -0.39 is 18.4 Å². The Labute approximate surface area is 330 Å². The van der Waals surface area contributed by atoms with E-state index in [1.807, 2.05) is 36.4 Å². The number of hydrogen-bond donors (Lipinski definition) is 7.